The van der Waals surface area contributed by atoms with Crippen LogP contribution in [0.3, 0.4) is 0 Å². The van der Waals surface area contributed by atoms with Gasteiger partial charge < -0.3 is 10.2 Å². The van der Waals surface area contributed by atoms with Crippen LogP contribution in [-0.4, -0.2) is 25.7 Å². The molecule has 1 N–H and O–H groups in total. The molecule has 106 valence electrons. The largest absolute Gasteiger partial charge is 0.364 e. The van der Waals surface area contributed by atoms with Crippen molar-refractivity contribution in [1.29, 1.82) is 0 Å². The molecule has 19 heavy (non-hydrogen) atoms. The van der Waals surface area contributed by atoms with E-state index in [2.05, 4.69) is 28.2 Å². The van der Waals surface area contributed by atoms with E-state index < -0.39 is 11.6 Å². The summed E-state index contributed by atoms with van der Waals surface area (Å²) in [7, 11) is 1.93. The Morgan fingerprint density at radius 2 is 1.84 bits per heavy atom. The lowest BCUT2D eigenvalue weighted by molar-refractivity contribution is 0.279. The Morgan fingerprint density at radius 1 is 1.26 bits per heavy atom. The summed E-state index contributed by atoms with van der Waals surface area (Å²) in [6, 6.07) is 3.13. The molecule has 1 fully saturated rings. The van der Waals surface area contributed by atoms with Crippen LogP contribution in [0, 0.1) is 17.6 Å². The normalized spacial score (nSPS) is 27.7. The predicted molar refractivity (Wildman–Crippen MR) is 77.5 cm³/mol. The maximum absolute atomic E-state index is 14.0. The highest BCUT2D eigenvalue weighted by atomic mass is 79.9. The zero-order valence-corrected chi connectivity index (χ0v) is 13.0. The van der Waals surface area contributed by atoms with Gasteiger partial charge in [0.05, 0.1) is 0 Å². The van der Waals surface area contributed by atoms with E-state index in [1.165, 1.54) is 12.1 Å². The van der Waals surface area contributed by atoms with E-state index >= 15 is 0 Å². The number of hydrogen-bond donors (Lipinski definition) is 1. The molecule has 3 atom stereocenters. The van der Waals surface area contributed by atoms with Crippen LogP contribution in [0.5, 0.6) is 0 Å². The molecule has 0 radical (unpaired) electrons. The molecule has 0 spiro atoms. The molecule has 1 saturated heterocycles. The Labute approximate surface area is 121 Å². The van der Waals surface area contributed by atoms with Gasteiger partial charge in [0.1, 0.15) is 5.69 Å². The molecule has 2 rings (SSSR count). The first kappa shape index (κ1) is 14.7. The Balaban J connectivity index is 2.33. The van der Waals surface area contributed by atoms with Gasteiger partial charge in [0, 0.05) is 23.1 Å². The Hall–Kier alpha value is -0.680. The molecule has 0 saturated carbocycles. The van der Waals surface area contributed by atoms with Crippen LogP contribution < -0.4 is 10.2 Å². The van der Waals surface area contributed by atoms with Crippen molar-refractivity contribution in [2.75, 3.05) is 18.5 Å². The van der Waals surface area contributed by atoms with Gasteiger partial charge in [0.2, 0.25) is 0 Å². The molecule has 1 aliphatic heterocycles. The fraction of sp³-hybridized carbons (Fsp3) is 0.571. The van der Waals surface area contributed by atoms with E-state index in [0.717, 1.165) is 6.42 Å². The number of piperidine rings is 1. The van der Waals surface area contributed by atoms with Crippen molar-refractivity contribution in [3.63, 3.8) is 0 Å². The summed E-state index contributed by atoms with van der Waals surface area (Å²) in [4.78, 5) is 1.84. The Morgan fingerprint density at radius 3 is 2.37 bits per heavy atom. The summed E-state index contributed by atoms with van der Waals surface area (Å²) in [6.45, 7) is 4.80. The van der Waals surface area contributed by atoms with Crippen molar-refractivity contribution in [3.8, 4) is 0 Å². The molecular weight excluding hydrogens is 314 g/mol. The number of nitrogens with zero attached hydrogens (tertiary/aromatic N) is 1. The Kier molecular flexibility index (Phi) is 4.46. The highest BCUT2D eigenvalue weighted by molar-refractivity contribution is 9.10. The van der Waals surface area contributed by atoms with E-state index in [-0.39, 0.29) is 11.7 Å². The minimum absolute atomic E-state index is 0.0939. The molecule has 3 unspecified atom stereocenters. The van der Waals surface area contributed by atoms with Crippen molar-refractivity contribution < 1.29 is 8.78 Å². The molecule has 1 heterocycles. The van der Waals surface area contributed by atoms with Gasteiger partial charge in [0.15, 0.2) is 11.6 Å². The first-order valence-corrected chi connectivity index (χ1v) is 7.33. The lowest BCUT2D eigenvalue weighted by Gasteiger charge is -2.44. The quantitative estimate of drug-likeness (QED) is 0.890. The van der Waals surface area contributed by atoms with E-state index in [0.29, 0.717) is 23.0 Å². The summed E-state index contributed by atoms with van der Waals surface area (Å²) >= 11 is 3.11. The van der Waals surface area contributed by atoms with Gasteiger partial charge in [-0.05, 0) is 38.4 Å². The van der Waals surface area contributed by atoms with E-state index in [4.69, 9.17) is 0 Å². The van der Waals surface area contributed by atoms with Crippen LogP contribution in [-0.2, 0) is 0 Å². The summed E-state index contributed by atoms with van der Waals surface area (Å²) in [6.07, 6.45) is 0.886. The molecule has 0 amide bonds. The highest BCUT2D eigenvalue weighted by Crippen LogP contribution is 2.33. The standard InChI is InChI=1S/C14H19BrF2N2/c1-8-9(2)19(5-4-13(8)18-3)14-11(16)6-10(15)7-12(14)17/h6-9,13,18H,4-5H2,1-3H3. The lowest BCUT2D eigenvalue weighted by atomic mass is 9.86. The number of halogens is 3. The number of benzene rings is 1. The van der Waals surface area contributed by atoms with Crippen LogP contribution in [0.25, 0.3) is 0 Å². The molecule has 1 aromatic rings. The molecule has 0 aliphatic carbocycles. The third kappa shape index (κ3) is 2.77. The fourth-order valence-electron chi connectivity index (χ4n) is 2.90. The van der Waals surface area contributed by atoms with Gasteiger partial charge in [-0.2, -0.15) is 0 Å². The summed E-state index contributed by atoms with van der Waals surface area (Å²) in [5.41, 5.74) is 0.0945. The highest BCUT2D eigenvalue weighted by Gasteiger charge is 2.34. The number of hydrogen-bond acceptors (Lipinski definition) is 2. The van der Waals surface area contributed by atoms with Gasteiger partial charge in [-0.25, -0.2) is 8.78 Å². The van der Waals surface area contributed by atoms with Gasteiger partial charge >= 0.3 is 0 Å². The molecule has 1 aliphatic rings. The minimum atomic E-state index is -0.506. The smallest absolute Gasteiger partial charge is 0.150 e. The first-order chi connectivity index (χ1) is 8.95. The maximum Gasteiger partial charge on any atom is 0.150 e. The third-order valence-electron chi connectivity index (χ3n) is 4.21. The SMILES string of the molecule is CNC1CCN(c2c(F)cc(Br)cc2F)C(C)C1C. The maximum atomic E-state index is 14.0. The van der Waals surface area contributed by atoms with Crippen molar-refractivity contribution >= 4 is 21.6 Å². The lowest BCUT2D eigenvalue weighted by Crippen LogP contribution is -2.53. The molecule has 2 nitrogen and oxygen atoms in total. The molecule has 1 aromatic carbocycles. The van der Waals surface area contributed by atoms with Crippen LogP contribution in [0.15, 0.2) is 16.6 Å². The third-order valence-corrected chi connectivity index (χ3v) is 4.67. The zero-order valence-electron chi connectivity index (χ0n) is 11.4. The second kappa shape index (κ2) is 5.75. The monoisotopic (exact) mass is 332 g/mol. The summed E-state index contributed by atoms with van der Waals surface area (Å²) < 4.78 is 28.5. The average Bonchev–Trinajstić information content (AvgIpc) is 2.33. The molecule has 0 bridgehead atoms. The number of nitrogens with one attached hydrogen (secondary N) is 1. The number of rotatable bonds is 2. The summed E-state index contributed by atoms with van der Waals surface area (Å²) in [5.74, 6) is -0.677. The van der Waals surface area contributed by atoms with E-state index in [1.54, 1.807) is 0 Å². The van der Waals surface area contributed by atoms with Gasteiger partial charge in [-0.15, -0.1) is 0 Å². The molecular formula is C14H19BrF2N2. The second-order valence-corrected chi connectivity index (χ2v) is 6.11. The first-order valence-electron chi connectivity index (χ1n) is 6.54. The predicted octanol–water partition coefficient (Wildman–Crippen LogP) is 3.55. The summed E-state index contributed by atoms with van der Waals surface area (Å²) in [5, 5.41) is 3.27. The second-order valence-electron chi connectivity index (χ2n) is 5.19. The van der Waals surface area contributed by atoms with Gasteiger partial charge in [0.25, 0.3) is 0 Å². The van der Waals surface area contributed by atoms with Gasteiger partial charge in [-0.1, -0.05) is 22.9 Å². The fourth-order valence-corrected chi connectivity index (χ4v) is 3.30. The average molecular weight is 333 g/mol. The van der Waals surface area contributed by atoms with Crippen molar-refractivity contribution in [3.05, 3.63) is 28.2 Å². The zero-order chi connectivity index (χ0) is 14.2. The topological polar surface area (TPSA) is 15.3 Å². The minimum Gasteiger partial charge on any atom is -0.364 e. The van der Waals surface area contributed by atoms with Crippen LogP contribution in [0.2, 0.25) is 0 Å². The van der Waals surface area contributed by atoms with Gasteiger partial charge in [-0.3, -0.25) is 0 Å². The van der Waals surface area contributed by atoms with E-state index in [1.807, 2.05) is 18.9 Å². The van der Waals surface area contributed by atoms with Crippen molar-refractivity contribution in [2.24, 2.45) is 5.92 Å². The van der Waals surface area contributed by atoms with Crippen molar-refractivity contribution in [2.45, 2.75) is 32.4 Å². The van der Waals surface area contributed by atoms with E-state index in [9.17, 15) is 8.78 Å². The molecule has 5 heteroatoms. The van der Waals surface area contributed by atoms with Crippen LogP contribution in [0.1, 0.15) is 20.3 Å². The number of anilines is 1. The molecule has 0 aromatic heterocycles. The van der Waals surface area contributed by atoms with Crippen molar-refractivity contribution in [1.82, 2.24) is 5.32 Å². The van der Waals surface area contributed by atoms with Crippen LogP contribution in [0.4, 0.5) is 14.5 Å². The van der Waals surface area contributed by atoms with Crippen LogP contribution >= 0.6 is 15.9 Å². The Bertz CT molecular complexity index is 444.